The van der Waals surface area contributed by atoms with E-state index in [1.165, 1.54) is 0 Å². The molecule has 0 spiro atoms. The molecule has 0 saturated heterocycles. The Bertz CT molecular complexity index is 919. The standard InChI is InChI=1S/C26H34F3IO5/c1-13(4-7-21(34)35-23(30)26(27,28)29)16-5-6-17-22-18(12-20(33)25(16,17)3)24(2)9-8-15(31)10-14(24)11-19(22)32/h13-14,16-18,22-23H,4-12H2,1-3H3/t13-,14-,16+,17-,18-,22-,23?,24-,25+/m0/s1. The van der Waals surface area contributed by atoms with E-state index in [-0.39, 0.29) is 64.7 Å². The Morgan fingerprint density at radius 1 is 1.11 bits per heavy atom. The van der Waals surface area contributed by atoms with E-state index in [1.54, 1.807) is 0 Å². The SMILES string of the molecule is C[C@@H](CCC(=O)OC(I)C(F)(F)F)[C@H]1CC[C@H]2[C@@H]3C(=O)C[C@@H]4CC(=O)CC[C@]4(C)[C@H]3CC(=O)[C@]12C. The van der Waals surface area contributed by atoms with Gasteiger partial charge in [-0.25, -0.2) is 0 Å². The van der Waals surface area contributed by atoms with E-state index in [2.05, 4.69) is 11.7 Å². The van der Waals surface area contributed by atoms with Gasteiger partial charge in [-0.2, -0.15) is 13.2 Å². The Balaban J connectivity index is 1.48. The van der Waals surface area contributed by atoms with Gasteiger partial charge in [0.2, 0.25) is 4.11 Å². The van der Waals surface area contributed by atoms with Crippen molar-refractivity contribution in [2.24, 2.45) is 46.3 Å². The lowest BCUT2D eigenvalue weighted by Crippen LogP contribution is -2.60. The van der Waals surface area contributed by atoms with Crippen LogP contribution in [0.25, 0.3) is 0 Å². The van der Waals surface area contributed by atoms with Crippen LogP contribution in [0.3, 0.4) is 0 Å². The highest BCUT2D eigenvalue weighted by Crippen LogP contribution is 2.66. The van der Waals surface area contributed by atoms with Crippen LogP contribution in [0.4, 0.5) is 13.2 Å². The zero-order valence-corrected chi connectivity index (χ0v) is 22.6. The van der Waals surface area contributed by atoms with Crippen molar-refractivity contribution in [3.63, 3.8) is 0 Å². The maximum atomic E-state index is 13.8. The minimum atomic E-state index is -4.60. The summed E-state index contributed by atoms with van der Waals surface area (Å²) in [6.07, 6.45) is -0.442. The molecule has 0 aliphatic heterocycles. The van der Waals surface area contributed by atoms with Crippen molar-refractivity contribution in [3.05, 3.63) is 0 Å². The van der Waals surface area contributed by atoms with E-state index in [0.29, 0.717) is 32.1 Å². The Hall–Kier alpha value is -1.00. The molecule has 9 heteroatoms. The van der Waals surface area contributed by atoms with Gasteiger partial charge in [-0.15, -0.1) is 0 Å². The van der Waals surface area contributed by atoms with Gasteiger partial charge in [0.15, 0.2) is 0 Å². The molecule has 0 aromatic heterocycles. The summed E-state index contributed by atoms with van der Waals surface area (Å²) in [5.41, 5.74) is -0.850. The molecule has 0 bridgehead atoms. The van der Waals surface area contributed by atoms with Gasteiger partial charge in [-0.1, -0.05) is 20.8 Å². The van der Waals surface area contributed by atoms with E-state index < -0.39 is 21.7 Å². The third kappa shape index (κ3) is 4.60. The van der Waals surface area contributed by atoms with Crippen LogP contribution in [0.1, 0.15) is 78.6 Å². The van der Waals surface area contributed by atoms with E-state index >= 15 is 0 Å². The van der Waals surface area contributed by atoms with Crippen LogP contribution >= 0.6 is 22.6 Å². The summed E-state index contributed by atoms with van der Waals surface area (Å²) in [4.78, 5) is 51.3. The number of hydrogen-bond acceptors (Lipinski definition) is 5. The molecule has 0 N–H and O–H groups in total. The quantitative estimate of drug-likeness (QED) is 0.222. The average Bonchev–Trinajstić information content (AvgIpc) is 3.12. The Morgan fingerprint density at radius 3 is 2.46 bits per heavy atom. The minimum absolute atomic E-state index is 0.0234. The number of carbonyl (C=O) groups excluding carboxylic acids is 4. The summed E-state index contributed by atoms with van der Waals surface area (Å²) in [5.74, 6) is -0.663. The highest BCUT2D eigenvalue weighted by atomic mass is 127. The first-order valence-electron chi connectivity index (χ1n) is 12.7. The number of hydrogen-bond donors (Lipinski definition) is 0. The number of alkyl halides is 4. The van der Waals surface area contributed by atoms with Gasteiger partial charge in [0.25, 0.3) is 0 Å². The molecule has 4 aliphatic carbocycles. The third-order valence-electron chi connectivity index (χ3n) is 10.2. The Morgan fingerprint density at radius 2 is 1.80 bits per heavy atom. The number of ether oxygens (including phenoxy) is 1. The molecule has 0 heterocycles. The van der Waals surface area contributed by atoms with Gasteiger partial charge in [0.1, 0.15) is 17.3 Å². The lowest BCUT2D eigenvalue weighted by molar-refractivity contribution is -0.192. The van der Waals surface area contributed by atoms with Crippen LogP contribution in [0.5, 0.6) is 0 Å². The fraction of sp³-hybridized carbons (Fsp3) is 0.846. The predicted octanol–water partition coefficient (Wildman–Crippen LogP) is 5.86. The average molecular weight is 610 g/mol. The fourth-order valence-corrected chi connectivity index (χ4v) is 8.46. The third-order valence-corrected chi connectivity index (χ3v) is 11.2. The van der Waals surface area contributed by atoms with Crippen molar-refractivity contribution in [3.8, 4) is 0 Å². The van der Waals surface area contributed by atoms with Crippen molar-refractivity contribution in [2.45, 2.75) is 88.8 Å². The molecule has 0 aromatic carbocycles. The Labute approximate surface area is 217 Å². The van der Waals surface area contributed by atoms with Gasteiger partial charge < -0.3 is 4.74 Å². The lowest BCUT2D eigenvalue weighted by Gasteiger charge is -2.58. The molecule has 35 heavy (non-hydrogen) atoms. The molecule has 4 aliphatic rings. The zero-order chi connectivity index (χ0) is 25.9. The summed E-state index contributed by atoms with van der Waals surface area (Å²) in [6.45, 7) is 6.09. The van der Waals surface area contributed by atoms with E-state index in [9.17, 15) is 32.3 Å². The second-order valence-corrected chi connectivity index (χ2v) is 12.9. The number of carbonyl (C=O) groups is 4. The molecule has 1 unspecified atom stereocenters. The summed E-state index contributed by atoms with van der Waals surface area (Å²) in [6, 6.07) is 0. The van der Waals surface area contributed by atoms with Gasteiger partial charge in [-0.05, 0) is 83.3 Å². The van der Waals surface area contributed by atoms with Crippen LogP contribution in [-0.2, 0) is 23.9 Å². The molecule has 4 fully saturated rings. The number of rotatable bonds is 5. The topological polar surface area (TPSA) is 77.5 Å². The molecule has 4 rings (SSSR count). The molecule has 0 amide bonds. The van der Waals surface area contributed by atoms with E-state index in [4.69, 9.17) is 0 Å². The molecule has 9 atom stereocenters. The second-order valence-electron chi connectivity index (χ2n) is 11.8. The summed E-state index contributed by atoms with van der Waals surface area (Å²) in [5, 5.41) is 0. The number of fused-ring (bicyclic) bond motifs is 5. The highest BCUT2D eigenvalue weighted by molar-refractivity contribution is 14.1. The number of halogens is 4. The zero-order valence-electron chi connectivity index (χ0n) is 20.5. The Kier molecular flexibility index (Phi) is 7.25. The van der Waals surface area contributed by atoms with Gasteiger partial charge in [0.05, 0.1) is 0 Å². The number of ketones is 3. The predicted molar refractivity (Wildman–Crippen MR) is 129 cm³/mol. The van der Waals surface area contributed by atoms with Gasteiger partial charge in [-0.3, -0.25) is 19.2 Å². The van der Waals surface area contributed by atoms with E-state index in [0.717, 1.165) is 41.9 Å². The summed E-state index contributed by atoms with van der Waals surface area (Å²) < 4.78 is 40.4. The maximum absolute atomic E-state index is 13.8. The van der Waals surface area contributed by atoms with Crippen molar-refractivity contribution in [2.75, 3.05) is 0 Å². The first-order chi connectivity index (χ1) is 16.2. The van der Waals surface area contributed by atoms with Crippen LogP contribution < -0.4 is 0 Å². The van der Waals surface area contributed by atoms with E-state index in [1.807, 2.05) is 13.8 Å². The highest BCUT2D eigenvalue weighted by Gasteiger charge is 2.66. The monoisotopic (exact) mass is 610 g/mol. The van der Waals surface area contributed by atoms with Gasteiger partial charge in [0, 0.05) is 43.4 Å². The number of esters is 1. The molecule has 0 aromatic rings. The summed E-state index contributed by atoms with van der Waals surface area (Å²) in [7, 11) is 0. The van der Waals surface area contributed by atoms with Crippen molar-refractivity contribution in [1.29, 1.82) is 0 Å². The largest absolute Gasteiger partial charge is 0.442 e. The van der Waals surface area contributed by atoms with Crippen molar-refractivity contribution in [1.82, 2.24) is 0 Å². The maximum Gasteiger partial charge on any atom is 0.435 e. The van der Waals surface area contributed by atoms with Crippen molar-refractivity contribution < 1.29 is 37.1 Å². The minimum Gasteiger partial charge on any atom is -0.442 e. The van der Waals surface area contributed by atoms with Crippen LogP contribution in [-0.4, -0.2) is 33.6 Å². The fourth-order valence-electron chi connectivity index (χ4n) is 8.18. The van der Waals surface area contributed by atoms with Crippen LogP contribution in [0.15, 0.2) is 0 Å². The molecular formula is C26H34F3IO5. The number of Topliss-reactive ketones (excluding diaryl/α,β-unsaturated/α-hetero) is 3. The smallest absolute Gasteiger partial charge is 0.435 e. The molecule has 4 saturated carbocycles. The molecule has 5 nitrogen and oxygen atoms in total. The first-order valence-corrected chi connectivity index (χ1v) is 13.9. The van der Waals surface area contributed by atoms with Gasteiger partial charge >= 0.3 is 12.1 Å². The van der Waals surface area contributed by atoms with Crippen LogP contribution in [0.2, 0.25) is 0 Å². The summed E-state index contributed by atoms with van der Waals surface area (Å²) >= 11 is 1.06. The molecular weight excluding hydrogens is 576 g/mol. The normalized spacial score (nSPS) is 41.0. The molecule has 196 valence electrons. The first kappa shape index (κ1) is 27.0. The molecule has 0 radical (unpaired) electrons. The second kappa shape index (κ2) is 9.39. The lowest BCUT2D eigenvalue weighted by atomic mass is 9.44. The van der Waals surface area contributed by atoms with Crippen LogP contribution in [0, 0.1) is 46.3 Å². The van der Waals surface area contributed by atoms with Crippen molar-refractivity contribution >= 4 is 45.9 Å².